The second kappa shape index (κ2) is 4.40. The Bertz CT molecular complexity index is 508. The largest absolute Gasteiger partial charge is 0.320 e. The smallest absolute Gasteiger partial charge is 0.286 e. The molecule has 0 atom stereocenters. The number of nitrogens with zero attached hydrogens (tertiary/aromatic N) is 2. The van der Waals surface area contributed by atoms with Crippen molar-refractivity contribution in [3.63, 3.8) is 0 Å². The fourth-order valence-corrected chi connectivity index (χ4v) is 1.78. The van der Waals surface area contributed by atoms with Gasteiger partial charge in [-0.05, 0) is 31.0 Å². The summed E-state index contributed by atoms with van der Waals surface area (Å²) < 4.78 is 0. The van der Waals surface area contributed by atoms with E-state index in [4.69, 9.17) is 0 Å². The van der Waals surface area contributed by atoms with Gasteiger partial charge in [0, 0.05) is 5.69 Å². The Labute approximate surface area is 97.3 Å². The number of carbonyl (C=O) groups excluding carboxylic acids is 1. The highest BCUT2D eigenvalue weighted by Crippen LogP contribution is 2.18. The number of aromatic nitrogens is 2. The third-order valence-electron chi connectivity index (χ3n) is 2.41. The number of hydrogen-bond acceptors (Lipinski definition) is 4. The number of hydrogen-bond donors (Lipinski definition) is 1. The summed E-state index contributed by atoms with van der Waals surface area (Å²) in [6.07, 6.45) is 0. The maximum atomic E-state index is 11.7. The van der Waals surface area contributed by atoms with Crippen molar-refractivity contribution in [1.29, 1.82) is 0 Å². The zero-order valence-corrected chi connectivity index (χ0v) is 9.84. The van der Waals surface area contributed by atoms with Crippen molar-refractivity contribution < 1.29 is 4.79 Å². The lowest BCUT2D eigenvalue weighted by Gasteiger charge is -2.08. The number of carbonyl (C=O) groups is 1. The average Bonchev–Trinajstić information content (AvgIpc) is 2.78. The Morgan fingerprint density at radius 3 is 2.88 bits per heavy atom. The number of rotatable bonds is 2. The van der Waals surface area contributed by atoms with Crippen LogP contribution in [-0.4, -0.2) is 16.1 Å². The number of amides is 1. The maximum absolute atomic E-state index is 11.7. The second-order valence-corrected chi connectivity index (χ2v) is 4.28. The van der Waals surface area contributed by atoms with Crippen LogP contribution in [0.4, 0.5) is 5.69 Å². The summed E-state index contributed by atoms with van der Waals surface area (Å²) in [5.74, 6) is -0.212. The first-order valence-corrected chi connectivity index (χ1v) is 5.70. The van der Waals surface area contributed by atoms with E-state index in [0.717, 1.165) is 16.8 Å². The maximum Gasteiger partial charge on any atom is 0.286 e. The van der Waals surface area contributed by atoms with Crippen LogP contribution in [0.1, 0.15) is 20.9 Å². The Balaban J connectivity index is 2.22. The summed E-state index contributed by atoms with van der Waals surface area (Å²) in [4.78, 5) is 11.7. The molecule has 1 heterocycles. The van der Waals surface area contributed by atoms with E-state index in [9.17, 15) is 4.79 Å². The molecule has 4 nitrogen and oxygen atoms in total. The van der Waals surface area contributed by atoms with Gasteiger partial charge in [0.2, 0.25) is 5.01 Å². The number of anilines is 1. The average molecular weight is 233 g/mol. The van der Waals surface area contributed by atoms with E-state index >= 15 is 0 Å². The minimum absolute atomic E-state index is 0.212. The zero-order valence-electron chi connectivity index (χ0n) is 9.02. The molecule has 1 amide bonds. The summed E-state index contributed by atoms with van der Waals surface area (Å²) in [5, 5.41) is 10.6. The predicted octanol–water partition coefficient (Wildman–Crippen LogP) is 2.41. The molecule has 1 aromatic carbocycles. The molecule has 1 aromatic heterocycles. The lowest BCUT2D eigenvalue weighted by Crippen LogP contribution is -2.12. The van der Waals surface area contributed by atoms with E-state index in [2.05, 4.69) is 15.5 Å². The highest BCUT2D eigenvalue weighted by Gasteiger charge is 2.10. The van der Waals surface area contributed by atoms with Crippen molar-refractivity contribution >= 4 is 22.9 Å². The molecular weight excluding hydrogens is 222 g/mol. The van der Waals surface area contributed by atoms with Gasteiger partial charge in [-0.15, -0.1) is 10.2 Å². The second-order valence-electron chi connectivity index (χ2n) is 3.45. The van der Waals surface area contributed by atoms with Crippen LogP contribution >= 0.6 is 11.3 Å². The lowest BCUT2D eigenvalue weighted by atomic mass is 10.1. The van der Waals surface area contributed by atoms with Crippen LogP contribution in [0.5, 0.6) is 0 Å². The van der Waals surface area contributed by atoms with Gasteiger partial charge in [-0.1, -0.05) is 23.5 Å². The first-order valence-electron chi connectivity index (χ1n) is 4.82. The summed E-state index contributed by atoms with van der Waals surface area (Å²) in [5.41, 5.74) is 4.58. The third-order valence-corrected chi connectivity index (χ3v) is 3.10. The first-order chi connectivity index (χ1) is 7.68. The highest BCUT2D eigenvalue weighted by atomic mass is 32.1. The third kappa shape index (κ3) is 2.09. The first kappa shape index (κ1) is 10.8. The van der Waals surface area contributed by atoms with Gasteiger partial charge < -0.3 is 5.32 Å². The number of benzene rings is 1. The van der Waals surface area contributed by atoms with Gasteiger partial charge in [0.05, 0.1) is 0 Å². The van der Waals surface area contributed by atoms with E-state index in [1.165, 1.54) is 16.8 Å². The zero-order chi connectivity index (χ0) is 11.5. The molecule has 0 aliphatic carbocycles. The van der Waals surface area contributed by atoms with Crippen LogP contribution < -0.4 is 5.32 Å². The van der Waals surface area contributed by atoms with Crippen molar-refractivity contribution in [3.8, 4) is 0 Å². The normalized spacial score (nSPS) is 10.1. The minimum Gasteiger partial charge on any atom is -0.320 e. The van der Waals surface area contributed by atoms with Crippen molar-refractivity contribution in [2.75, 3.05) is 5.32 Å². The van der Waals surface area contributed by atoms with Gasteiger partial charge in [-0.2, -0.15) is 0 Å². The lowest BCUT2D eigenvalue weighted by molar-refractivity contribution is 0.102. The summed E-state index contributed by atoms with van der Waals surface area (Å²) in [6, 6.07) is 5.80. The molecule has 5 heteroatoms. The quantitative estimate of drug-likeness (QED) is 0.866. The fourth-order valence-electron chi connectivity index (χ4n) is 1.33. The molecular formula is C11H11N3OS. The van der Waals surface area contributed by atoms with Crippen molar-refractivity contribution in [1.82, 2.24) is 10.2 Å². The highest BCUT2D eigenvalue weighted by molar-refractivity contribution is 7.11. The van der Waals surface area contributed by atoms with Crippen molar-refractivity contribution in [3.05, 3.63) is 39.8 Å². The monoisotopic (exact) mass is 233 g/mol. The van der Waals surface area contributed by atoms with Crippen molar-refractivity contribution in [2.24, 2.45) is 0 Å². The van der Waals surface area contributed by atoms with Gasteiger partial charge in [0.15, 0.2) is 0 Å². The molecule has 0 unspecified atom stereocenters. The molecule has 0 aliphatic heterocycles. The van der Waals surface area contributed by atoms with Crippen LogP contribution in [0.25, 0.3) is 0 Å². The molecule has 82 valence electrons. The molecule has 0 bridgehead atoms. The van der Waals surface area contributed by atoms with Crippen molar-refractivity contribution in [2.45, 2.75) is 13.8 Å². The fraction of sp³-hybridized carbons (Fsp3) is 0.182. The molecule has 0 aliphatic rings. The molecule has 16 heavy (non-hydrogen) atoms. The van der Waals surface area contributed by atoms with Gasteiger partial charge in [0.25, 0.3) is 5.91 Å². The standard InChI is InChI=1S/C11H11N3OS/c1-7-4-3-5-9(8(7)2)13-10(15)11-14-12-6-16-11/h3-6H,1-2H3,(H,13,15). The SMILES string of the molecule is Cc1cccc(NC(=O)c2nncs2)c1C. The van der Waals surface area contributed by atoms with Crippen LogP contribution in [0.3, 0.4) is 0 Å². The Kier molecular flexibility index (Phi) is 2.96. The van der Waals surface area contributed by atoms with Gasteiger partial charge in [-0.25, -0.2) is 0 Å². The summed E-state index contributed by atoms with van der Waals surface area (Å²) in [7, 11) is 0. The summed E-state index contributed by atoms with van der Waals surface area (Å²) in [6.45, 7) is 3.99. The number of aryl methyl sites for hydroxylation is 1. The van der Waals surface area contributed by atoms with Gasteiger partial charge >= 0.3 is 0 Å². The Morgan fingerprint density at radius 1 is 1.38 bits per heavy atom. The van der Waals surface area contributed by atoms with Crippen LogP contribution in [0.15, 0.2) is 23.7 Å². The molecule has 2 rings (SSSR count). The molecule has 0 saturated carbocycles. The van der Waals surface area contributed by atoms with E-state index < -0.39 is 0 Å². The van der Waals surface area contributed by atoms with Crippen LogP contribution in [0, 0.1) is 13.8 Å². The van der Waals surface area contributed by atoms with Gasteiger partial charge in [-0.3, -0.25) is 4.79 Å². The Morgan fingerprint density at radius 2 is 2.19 bits per heavy atom. The van der Waals surface area contributed by atoms with E-state index in [1.54, 1.807) is 0 Å². The Hall–Kier alpha value is -1.75. The van der Waals surface area contributed by atoms with E-state index in [0.29, 0.717) is 5.01 Å². The van der Waals surface area contributed by atoms with Gasteiger partial charge in [0.1, 0.15) is 5.51 Å². The van der Waals surface area contributed by atoms with Crippen LogP contribution in [-0.2, 0) is 0 Å². The van der Waals surface area contributed by atoms with E-state index in [1.807, 2.05) is 32.0 Å². The minimum atomic E-state index is -0.212. The topological polar surface area (TPSA) is 54.9 Å². The predicted molar refractivity (Wildman–Crippen MR) is 63.8 cm³/mol. The van der Waals surface area contributed by atoms with Crippen LogP contribution in [0.2, 0.25) is 0 Å². The number of nitrogens with one attached hydrogen (secondary N) is 1. The summed E-state index contributed by atoms with van der Waals surface area (Å²) >= 11 is 1.23. The molecule has 0 fully saturated rings. The molecule has 2 aromatic rings. The molecule has 0 saturated heterocycles. The molecule has 0 radical (unpaired) electrons. The van der Waals surface area contributed by atoms with E-state index in [-0.39, 0.29) is 5.91 Å². The molecule has 1 N–H and O–H groups in total. The molecule has 0 spiro atoms.